The molecule has 0 radical (unpaired) electrons. The van der Waals surface area contributed by atoms with Gasteiger partial charge in [-0.05, 0) is 0 Å². The summed E-state index contributed by atoms with van der Waals surface area (Å²) in [6.45, 7) is 3.39. The smallest absolute Gasteiger partial charge is 0.293 e. The van der Waals surface area contributed by atoms with Crippen LogP contribution in [0, 0.1) is 0 Å². The molecule has 0 saturated heterocycles. The Labute approximate surface area is 52.8 Å². The first kappa shape index (κ1) is 7.69. The molecule has 0 aromatic heterocycles. The summed E-state index contributed by atoms with van der Waals surface area (Å²) in [6.07, 6.45) is 0.469. The highest BCUT2D eigenvalue weighted by atomic mass is 32.1. The number of carbonyl (C=O) groups is 1. The molecule has 0 aliphatic carbocycles. The maximum Gasteiger partial charge on any atom is 0.470 e. The van der Waals surface area contributed by atoms with E-state index in [4.69, 9.17) is 0 Å². The predicted molar refractivity (Wildman–Crippen MR) is 32.8 cm³/mol. The van der Waals surface area contributed by atoms with E-state index in [1.54, 1.807) is 13.8 Å². The van der Waals surface area contributed by atoms with Gasteiger partial charge in [-0.1, -0.05) is 6.92 Å². The summed E-state index contributed by atoms with van der Waals surface area (Å²) in [6, 6.07) is 0. The van der Waals surface area contributed by atoms with E-state index in [1.807, 2.05) is 0 Å². The molecule has 0 amide bonds. The minimum absolute atomic E-state index is 0.0324. The van der Waals surface area contributed by atoms with E-state index >= 15 is 0 Å². The summed E-state index contributed by atoms with van der Waals surface area (Å²) < 4.78 is 9.93. The third-order valence-corrected chi connectivity index (χ3v) is 1.50. The second-order valence-corrected chi connectivity index (χ2v) is 2.46. The van der Waals surface area contributed by atoms with Gasteiger partial charge in [-0.25, -0.2) is 0 Å². The Balaban J connectivity index is 3.62. The fourth-order valence-corrected chi connectivity index (χ4v) is 0.615. The van der Waals surface area contributed by atoms with Crippen molar-refractivity contribution in [2.75, 3.05) is 0 Å². The van der Waals surface area contributed by atoms with Gasteiger partial charge in [0.25, 0.3) is 5.25 Å². The van der Waals surface area contributed by atoms with Crippen LogP contribution in [0.1, 0.15) is 20.3 Å². The quantitative estimate of drug-likeness (QED) is 0.533. The lowest BCUT2D eigenvalue weighted by molar-refractivity contribution is -0.118. The number of hydrogen-bond donors (Lipinski definition) is 0. The Bertz CT molecular complexity index is 101. The standard InChI is InChI=1S/C5H9O2S/c1-3-5(6)4(2)8-7/h4H,3H2,1-2H3/q+1. The molecule has 0 bridgehead atoms. The lowest BCUT2D eigenvalue weighted by Crippen LogP contribution is -2.13. The van der Waals surface area contributed by atoms with Gasteiger partial charge in [0.15, 0.2) is 5.78 Å². The van der Waals surface area contributed by atoms with E-state index in [1.165, 1.54) is 0 Å². The minimum atomic E-state index is -0.361. The number of ketones is 1. The van der Waals surface area contributed by atoms with Gasteiger partial charge in [-0.15, -0.1) is 0 Å². The van der Waals surface area contributed by atoms with Crippen molar-refractivity contribution in [2.24, 2.45) is 0 Å². The monoisotopic (exact) mass is 133 g/mol. The van der Waals surface area contributed by atoms with Gasteiger partial charge >= 0.3 is 11.7 Å². The van der Waals surface area contributed by atoms with E-state index in [2.05, 4.69) is 0 Å². The molecular weight excluding hydrogens is 124 g/mol. The fraction of sp³-hybridized carbons (Fsp3) is 0.800. The summed E-state index contributed by atoms with van der Waals surface area (Å²) >= 11 is 0.358. The van der Waals surface area contributed by atoms with Crippen molar-refractivity contribution in [3.63, 3.8) is 0 Å². The minimum Gasteiger partial charge on any atom is -0.293 e. The molecule has 0 fully saturated rings. The SMILES string of the molecule is CCC(=O)C(C)[S+]=O. The van der Waals surface area contributed by atoms with Gasteiger partial charge in [-0.3, -0.25) is 4.79 Å². The van der Waals surface area contributed by atoms with E-state index in [9.17, 15) is 9.00 Å². The summed E-state index contributed by atoms with van der Waals surface area (Å²) in [7, 11) is 0. The average Bonchev–Trinajstić information content (AvgIpc) is 1.84. The molecule has 0 aliphatic rings. The molecule has 0 aromatic rings. The molecule has 0 heterocycles. The molecule has 0 N–H and O–H groups in total. The third-order valence-electron chi connectivity index (χ3n) is 0.946. The Kier molecular flexibility index (Phi) is 3.52. The van der Waals surface area contributed by atoms with Crippen molar-refractivity contribution in [1.82, 2.24) is 0 Å². The number of carbonyl (C=O) groups excluding carboxylic acids is 1. The van der Waals surface area contributed by atoms with Crippen molar-refractivity contribution in [1.29, 1.82) is 0 Å². The van der Waals surface area contributed by atoms with Crippen LogP contribution in [0.2, 0.25) is 0 Å². The molecule has 1 unspecified atom stereocenters. The second kappa shape index (κ2) is 3.66. The van der Waals surface area contributed by atoms with E-state index < -0.39 is 0 Å². The zero-order valence-corrected chi connectivity index (χ0v) is 5.83. The van der Waals surface area contributed by atoms with Crippen LogP contribution in [-0.4, -0.2) is 11.0 Å². The first-order valence-corrected chi connectivity index (χ1v) is 3.34. The molecular formula is C5H9O2S+. The zero-order chi connectivity index (χ0) is 6.57. The number of Topliss-reactive ketones (excluding diaryl/α,β-unsaturated/α-hetero) is 1. The summed E-state index contributed by atoms with van der Waals surface area (Å²) in [5.74, 6) is 0.0324. The van der Waals surface area contributed by atoms with Gasteiger partial charge in [-0.2, -0.15) is 0 Å². The average molecular weight is 133 g/mol. The maximum absolute atomic E-state index is 10.5. The molecule has 0 aromatic carbocycles. The predicted octanol–water partition coefficient (Wildman–Crippen LogP) is 0.782. The lowest BCUT2D eigenvalue weighted by Gasteiger charge is -1.83. The van der Waals surface area contributed by atoms with Crippen LogP contribution >= 0.6 is 0 Å². The van der Waals surface area contributed by atoms with Gasteiger partial charge in [0, 0.05) is 17.6 Å². The Morgan fingerprint density at radius 1 is 1.75 bits per heavy atom. The zero-order valence-electron chi connectivity index (χ0n) is 5.01. The molecule has 0 aliphatic heterocycles. The molecule has 2 nitrogen and oxygen atoms in total. The first-order valence-electron chi connectivity index (χ1n) is 2.53. The molecule has 0 rings (SSSR count). The highest BCUT2D eigenvalue weighted by molar-refractivity contribution is 7.67. The van der Waals surface area contributed by atoms with Crippen molar-refractivity contribution >= 4 is 17.4 Å². The third kappa shape index (κ3) is 2.12. The molecule has 0 spiro atoms. The highest BCUT2D eigenvalue weighted by Crippen LogP contribution is 1.90. The summed E-state index contributed by atoms with van der Waals surface area (Å²) in [5.41, 5.74) is 0. The van der Waals surface area contributed by atoms with E-state index in [0.717, 1.165) is 0 Å². The van der Waals surface area contributed by atoms with Crippen molar-refractivity contribution in [3.05, 3.63) is 0 Å². The van der Waals surface area contributed by atoms with Gasteiger partial charge in [0.2, 0.25) is 0 Å². The summed E-state index contributed by atoms with van der Waals surface area (Å²) in [4.78, 5) is 10.5. The number of hydrogen-bond acceptors (Lipinski definition) is 2. The number of rotatable bonds is 3. The highest BCUT2D eigenvalue weighted by Gasteiger charge is 2.21. The Morgan fingerprint density at radius 2 is 2.25 bits per heavy atom. The lowest BCUT2D eigenvalue weighted by atomic mass is 10.2. The topological polar surface area (TPSA) is 34.1 Å². The Hall–Kier alpha value is -0.310. The molecule has 1 atom stereocenters. The largest absolute Gasteiger partial charge is 0.470 e. The van der Waals surface area contributed by atoms with Gasteiger partial charge in [0.1, 0.15) is 0 Å². The van der Waals surface area contributed by atoms with E-state index in [-0.39, 0.29) is 11.0 Å². The maximum atomic E-state index is 10.5. The van der Waals surface area contributed by atoms with Crippen LogP contribution < -0.4 is 0 Å². The van der Waals surface area contributed by atoms with Crippen LogP contribution in [0.25, 0.3) is 0 Å². The van der Waals surface area contributed by atoms with Crippen molar-refractivity contribution in [2.45, 2.75) is 25.5 Å². The molecule has 3 heteroatoms. The van der Waals surface area contributed by atoms with Crippen molar-refractivity contribution < 1.29 is 9.00 Å². The van der Waals surface area contributed by atoms with Crippen LogP contribution in [0.3, 0.4) is 0 Å². The van der Waals surface area contributed by atoms with Crippen LogP contribution in [0.15, 0.2) is 0 Å². The van der Waals surface area contributed by atoms with E-state index in [0.29, 0.717) is 18.1 Å². The first-order chi connectivity index (χ1) is 3.72. The van der Waals surface area contributed by atoms with Crippen molar-refractivity contribution in [3.8, 4) is 0 Å². The van der Waals surface area contributed by atoms with Crippen LogP contribution in [0.4, 0.5) is 0 Å². The molecule has 0 saturated carbocycles. The normalized spacial score (nSPS) is 12.8. The second-order valence-electron chi connectivity index (χ2n) is 1.56. The summed E-state index contributed by atoms with van der Waals surface area (Å²) in [5, 5.41) is -0.361. The van der Waals surface area contributed by atoms with Crippen LogP contribution in [-0.2, 0) is 20.7 Å². The van der Waals surface area contributed by atoms with Gasteiger partial charge in [0.05, 0.1) is 0 Å². The molecule has 46 valence electrons. The Morgan fingerprint density at radius 3 is 2.38 bits per heavy atom. The van der Waals surface area contributed by atoms with Gasteiger partial charge < -0.3 is 0 Å². The molecule has 8 heavy (non-hydrogen) atoms. The van der Waals surface area contributed by atoms with Crippen LogP contribution in [0.5, 0.6) is 0 Å². The fourth-order valence-electron chi connectivity index (χ4n) is 0.341.